The molecule has 0 fully saturated rings. The Bertz CT molecular complexity index is 3640. The molecule has 1 radical (unpaired) electrons. The van der Waals surface area contributed by atoms with Gasteiger partial charge in [0.2, 0.25) is 7.28 Å². The highest BCUT2D eigenvalue weighted by Gasteiger charge is 2.36. The van der Waals surface area contributed by atoms with E-state index < -0.39 is 0 Å². The summed E-state index contributed by atoms with van der Waals surface area (Å²) in [5.74, 6) is 0. The second-order valence-electron chi connectivity index (χ2n) is 19.2. The van der Waals surface area contributed by atoms with E-state index in [9.17, 15) is 0 Å². The maximum Gasteiger partial charge on any atom is 0.212 e. The fraction of sp³-hybridized carbons (Fsp3) is 0.138. The highest BCUT2D eigenvalue weighted by Crippen LogP contribution is 2.52. The predicted octanol–water partition coefficient (Wildman–Crippen LogP) is 15.8. The summed E-state index contributed by atoms with van der Waals surface area (Å²) in [6.45, 7) is 13.7. The number of furan rings is 2. The molecule has 8 aromatic carbocycles. The summed E-state index contributed by atoms with van der Waals surface area (Å²) >= 11 is 1.84. The Morgan fingerprint density at radius 2 is 1.19 bits per heavy atom. The van der Waals surface area contributed by atoms with Gasteiger partial charge in [-0.25, -0.2) is 0 Å². The van der Waals surface area contributed by atoms with Crippen molar-refractivity contribution in [3.8, 4) is 22.3 Å². The van der Waals surface area contributed by atoms with E-state index in [1.807, 2.05) is 17.4 Å². The highest BCUT2D eigenvalue weighted by atomic mass is 32.1. The first-order valence-corrected chi connectivity index (χ1v) is 23.0. The van der Waals surface area contributed by atoms with Gasteiger partial charge in [-0.3, -0.25) is 0 Å². The van der Waals surface area contributed by atoms with Crippen molar-refractivity contribution in [3.05, 3.63) is 175 Å². The second kappa shape index (κ2) is 14.3. The first-order chi connectivity index (χ1) is 31.0. The second-order valence-corrected chi connectivity index (χ2v) is 20.3. The van der Waals surface area contributed by atoms with Crippen LogP contribution in [0.3, 0.4) is 0 Å². The summed E-state index contributed by atoms with van der Waals surface area (Å²) < 4.78 is 16.3. The zero-order chi connectivity index (χ0) is 43.5. The average Bonchev–Trinajstić information content (AvgIpc) is 3.99. The van der Waals surface area contributed by atoms with Gasteiger partial charge in [-0.2, -0.15) is 0 Å². The molecular weight excluding hydrogens is 800 g/mol. The number of nitrogens with one attached hydrogen (secondary N) is 1. The molecule has 12 rings (SSSR count). The molecule has 11 aromatic rings. The number of anilines is 5. The molecule has 1 aliphatic rings. The smallest absolute Gasteiger partial charge is 0.212 e. The number of para-hydroxylation sites is 2. The normalized spacial score (nSPS) is 12.9. The van der Waals surface area contributed by atoms with Gasteiger partial charge in [0.1, 0.15) is 22.3 Å². The van der Waals surface area contributed by atoms with Gasteiger partial charge >= 0.3 is 0 Å². The van der Waals surface area contributed by atoms with Crippen LogP contribution in [0.1, 0.15) is 52.7 Å². The Morgan fingerprint density at radius 1 is 0.531 bits per heavy atom. The lowest BCUT2D eigenvalue weighted by molar-refractivity contribution is 0.590. The quantitative estimate of drug-likeness (QED) is 0.175. The van der Waals surface area contributed by atoms with E-state index in [1.165, 1.54) is 42.8 Å². The Balaban J connectivity index is 1.23. The summed E-state index contributed by atoms with van der Waals surface area (Å²) in [7, 11) is 2.42. The van der Waals surface area contributed by atoms with E-state index in [1.54, 1.807) is 0 Å². The molecule has 0 amide bonds. The van der Waals surface area contributed by atoms with Gasteiger partial charge in [-0.1, -0.05) is 145 Å². The summed E-state index contributed by atoms with van der Waals surface area (Å²) in [4.78, 5) is 2.55. The van der Waals surface area contributed by atoms with Crippen LogP contribution in [0.15, 0.2) is 173 Å². The molecule has 0 saturated carbocycles. The van der Waals surface area contributed by atoms with E-state index in [-0.39, 0.29) is 10.8 Å². The van der Waals surface area contributed by atoms with E-state index >= 15 is 0 Å². The number of nitrogens with zero attached hydrogens (tertiary/aromatic N) is 1. The van der Waals surface area contributed by atoms with Gasteiger partial charge in [0.25, 0.3) is 0 Å². The number of hydrogen-bond acceptors (Lipinski definition) is 5. The number of hydrogen-bond donors (Lipinski definition) is 1. The molecule has 4 nitrogen and oxygen atoms in total. The number of benzene rings is 8. The zero-order valence-corrected chi connectivity index (χ0v) is 37.7. The van der Waals surface area contributed by atoms with Crippen LogP contribution in [0, 0.1) is 0 Å². The van der Waals surface area contributed by atoms with Crippen LogP contribution in [-0.4, -0.2) is 7.28 Å². The van der Waals surface area contributed by atoms with Gasteiger partial charge in [0, 0.05) is 65.4 Å². The SMILES string of the molecule is CC(C)(C)c1ccc(Nc2ccc3oc4ccccc4c3c2-c2c3c(cc4c2oc2ccccc24)N(c2ccc(C(C)(C)C)cc2-c2ccccc2)c2c(sc4ccccc24)[B]3)cc1. The summed E-state index contributed by atoms with van der Waals surface area (Å²) in [6.07, 6.45) is 0. The van der Waals surface area contributed by atoms with Gasteiger partial charge in [0.05, 0.1) is 11.4 Å². The van der Waals surface area contributed by atoms with Crippen LogP contribution >= 0.6 is 11.3 Å². The zero-order valence-electron chi connectivity index (χ0n) is 36.8. The highest BCUT2D eigenvalue weighted by molar-refractivity contribution is 7.29. The number of fused-ring (bicyclic) bond motifs is 10. The van der Waals surface area contributed by atoms with Crippen molar-refractivity contribution in [3.63, 3.8) is 0 Å². The molecule has 0 spiro atoms. The molecule has 4 heterocycles. The van der Waals surface area contributed by atoms with Crippen molar-refractivity contribution in [2.24, 2.45) is 0 Å². The van der Waals surface area contributed by atoms with Crippen molar-refractivity contribution in [2.45, 2.75) is 52.4 Å². The van der Waals surface area contributed by atoms with Crippen molar-refractivity contribution >= 4 is 111 Å². The van der Waals surface area contributed by atoms with Crippen LogP contribution in [0.5, 0.6) is 0 Å². The monoisotopic (exact) mass is 845 g/mol. The Hall–Kier alpha value is -7.02. The van der Waals surface area contributed by atoms with Crippen molar-refractivity contribution in [2.75, 3.05) is 10.2 Å². The first-order valence-electron chi connectivity index (χ1n) is 22.2. The van der Waals surface area contributed by atoms with E-state index in [2.05, 4.69) is 217 Å². The Morgan fingerprint density at radius 3 is 1.94 bits per heavy atom. The fourth-order valence-electron chi connectivity index (χ4n) is 9.76. The number of rotatable bonds is 5. The lowest BCUT2D eigenvalue weighted by Gasteiger charge is -2.35. The molecule has 0 bridgehead atoms. The summed E-state index contributed by atoms with van der Waals surface area (Å²) in [6, 6.07) is 59.2. The molecule has 0 unspecified atom stereocenters. The maximum absolute atomic E-state index is 7.14. The predicted molar refractivity (Wildman–Crippen MR) is 274 cm³/mol. The van der Waals surface area contributed by atoms with Gasteiger partial charge < -0.3 is 19.1 Å². The topological polar surface area (TPSA) is 41.6 Å². The van der Waals surface area contributed by atoms with Crippen molar-refractivity contribution in [1.29, 1.82) is 0 Å². The third-order valence-electron chi connectivity index (χ3n) is 13.0. The third-order valence-corrected chi connectivity index (χ3v) is 14.1. The van der Waals surface area contributed by atoms with E-state index in [4.69, 9.17) is 8.83 Å². The number of thiophene rings is 1. The van der Waals surface area contributed by atoms with Crippen molar-refractivity contribution in [1.82, 2.24) is 0 Å². The molecule has 0 atom stereocenters. The summed E-state index contributed by atoms with van der Waals surface area (Å²) in [5, 5.41) is 9.39. The van der Waals surface area contributed by atoms with Gasteiger partial charge in [0.15, 0.2) is 0 Å². The Kier molecular flexibility index (Phi) is 8.60. The molecule has 1 N–H and O–H groups in total. The van der Waals surface area contributed by atoms with Crippen LogP contribution < -0.4 is 20.5 Å². The van der Waals surface area contributed by atoms with Crippen LogP contribution in [0.25, 0.3) is 76.2 Å². The lowest BCUT2D eigenvalue weighted by Crippen LogP contribution is -2.39. The molecule has 1 aliphatic heterocycles. The molecular formula is C58H46BN2O2S. The van der Waals surface area contributed by atoms with Crippen LogP contribution in [0.4, 0.5) is 28.4 Å². The minimum atomic E-state index is -0.0482. The van der Waals surface area contributed by atoms with Crippen molar-refractivity contribution < 1.29 is 8.83 Å². The third kappa shape index (κ3) is 6.11. The maximum atomic E-state index is 7.14. The first kappa shape index (κ1) is 38.6. The molecule has 0 saturated heterocycles. The average molecular weight is 846 g/mol. The largest absolute Gasteiger partial charge is 0.456 e. The lowest BCUT2D eigenvalue weighted by atomic mass is 9.61. The van der Waals surface area contributed by atoms with Gasteiger partial charge in [-0.05, 0) is 98.4 Å². The Labute approximate surface area is 378 Å². The standard InChI is InChI=1S/C58H46BN2O2S/c1-57(2,3)35-24-27-37(28-25-35)60-43-29-31-48-50(39-19-11-14-22-47(39)62-48)51(43)52-53-45(33-42-38-18-10-13-21-46(38)63-55(42)52)61(54-40-20-12-15-23-49(40)64-56(54)59-53)44-30-26-36(58(4,5)6)32-41(44)34-16-8-7-9-17-34/h7-33,60H,1-6H3. The fourth-order valence-corrected chi connectivity index (χ4v) is 10.9. The molecule has 3 aromatic heterocycles. The van der Waals surface area contributed by atoms with E-state index in [0.717, 1.165) is 83.2 Å². The molecule has 309 valence electrons. The van der Waals surface area contributed by atoms with Crippen LogP contribution in [-0.2, 0) is 10.8 Å². The minimum Gasteiger partial charge on any atom is -0.456 e. The molecule has 64 heavy (non-hydrogen) atoms. The van der Waals surface area contributed by atoms with E-state index in [0.29, 0.717) is 0 Å². The van der Waals surface area contributed by atoms with Gasteiger partial charge in [-0.15, -0.1) is 11.3 Å². The minimum absolute atomic E-state index is 0.0366. The summed E-state index contributed by atoms with van der Waals surface area (Å²) in [5.41, 5.74) is 16.8. The van der Waals surface area contributed by atoms with Crippen LogP contribution in [0.2, 0.25) is 0 Å². The molecule has 6 heteroatoms. The molecule has 0 aliphatic carbocycles.